The Hall–Kier alpha value is -3.93. The van der Waals surface area contributed by atoms with Gasteiger partial charge in [-0.3, -0.25) is 24.6 Å². The van der Waals surface area contributed by atoms with Crippen LogP contribution in [-0.4, -0.2) is 93.0 Å². The summed E-state index contributed by atoms with van der Waals surface area (Å²) in [6.45, 7) is 6.07. The number of amides is 4. The van der Waals surface area contributed by atoms with Crippen LogP contribution < -0.4 is 17.2 Å². The Kier molecular flexibility index (Phi) is 9.87. The standard InChI is InChI=1S/C30H44N8O4/c1-3-36-22(15-19-9-10-20(28(32)33)16-25(19)36)12-11-21-7-5-14-38(21)27(40)18-35-13-6-8-24(30(35)42)37(4-2)26(39)17-23(31)29(34)41/h9-10,15-16,21,23-24H,3-8,11-14,17-18,31H2,1-2H3,(H3,32,33)(H2,34,41)/t21-,23-,24+/m0/s1. The number of nitrogen functional groups attached to an aromatic ring is 1. The first-order chi connectivity index (χ1) is 20.0. The second-order valence-corrected chi connectivity index (χ2v) is 11.3. The van der Waals surface area contributed by atoms with Gasteiger partial charge in [0.25, 0.3) is 0 Å². The maximum Gasteiger partial charge on any atom is 0.245 e. The average Bonchev–Trinajstić information content (AvgIpc) is 3.57. The number of aryl methyl sites for hydroxylation is 2. The largest absolute Gasteiger partial charge is 0.384 e. The van der Waals surface area contributed by atoms with Gasteiger partial charge in [-0.05, 0) is 69.9 Å². The van der Waals surface area contributed by atoms with Crippen molar-refractivity contribution in [2.75, 3.05) is 26.2 Å². The summed E-state index contributed by atoms with van der Waals surface area (Å²) >= 11 is 0. The Bertz CT molecular complexity index is 1350. The Morgan fingerprint density at radius 3 is 2.50 bits per heavy atom. The summed E-state index contributed by atoms with van der Waals surface area (Å²) in [4.78, 5) is 56.0. The number of amidine groups is 1. The zero-order chi connectivity index (χ0) is 30.6. The first kappa shape index (κ1) is 31.0. The number of hydrogen-bond donors (Lipinski definition) is 4. The monoisotopic (exact) mass is 580 g/mol. The maximum absolute atomic E-state index is 13.5. The number of primary amides is 1. The van der Waals surface area contributed by atoms with Crippen LogP contribution in [-0.2, 0) is 32.1 Å². The van der Waals surface area contributed by atoms with E-state index < -0.39 is 23.9 Å². The van der Waals surface area contributed by atoms with E-state index in [1.165, 1.54) is 10.6 Å². The minimum absolute atomic E-state index is 0.0125. The smallest absolute Gasteiger partial charge is 0.245 e. The van der Waals surface area contributed by atoms with Gasteiger partial charge < -0.3 is 36.5 Å². The van der Waals surface area contributed by atoms with E-state index in [1.54, 1.807) is 11.8 Å². The van der Waals surface area contributed by atoms with E-state index in [0.717, 1.165) is 43.1 Å². The Balaban J connectivity index is 1.39. The summed E-state index contributed by atoms with van der Waals surface area (Å²) in [5, 5.41) is 8.88. The fourth-order valence-corrected chi connectivity index (χ4v) is 6.44. The number of nitrogens with two attached hydrogens (primary N) is 3. The fourth-order valence-electron chi connectivity index (χ4n) is 6.44. The normalized spacial score (nSPS) is 19.7. The zero-order valence-corrected chi connectivity index (χ0v) is 24.7. The summed E-state index contributed by atoms with van der Waals surface area (Å²) < 4.78 is 2.24. The van der Waals surface area contributed by atoms with Crippen molar-refractivity contribution in [3.63, 3.8) is 0 Å². The molecule has 0 radical (unpaired) electrons. The highest BCUT2D eigenvalue weighted by Crippen LogP contribution is 2.27. The number of nitrogens with one attached hydrogen (secondary N) is 1. The molecule has 228 valence electrons. The molecule has 0 aliphatic carbocycles. The topological polar surface area (TPSA) is 185 Å². The SMILES string of the molecule is CCN(C(=O)C[C@H](N)C(N)=O)[C@@H]1CCCN(CC(=O)N2CCC[C@H]2CCc2cc3ccc(C(=N)N)cc3n2CC)C1=O. The first-order valence-electron chi connectivity index (χ1n) is 14.9. The molecule has 2 aromatic rings. The van der Waals surface area contributed by atoms with Crippen molar-refractivity contribution in [1.82, 2.24) is 19.3 Å². The lowest BCUT2D eigenvalue weighted by atomic mass is 10.0. The van der Waals surface area contributed by atoms with Crippen molar-refractivity contribution in [3.05, 3.63) is 35.5 Å². The van der Waals surface area contributed by atoms with Gasteiger partial charge >= 0.3 is 0 Å². The number of aromatic nitrogens is 1. The fraction of sp³-hybridized carbons (Fsp3) is 0.567. The molecule has 12 heteroatoms. The molecule has 3 heterocycles. The summed E-state index contributed by atoms with van der Waals surface area (Å²) in [6.07, 6.45) is 4.38. The molecule has 0 unspecified atom stereocenters. The molecule has 3 atom stereocenters. The van der Waals surface area contributed by atoms with Gasteiger partial charge in [-0.25, -0.2) is 0 Å². The highest BCUT2D eigenvalue weighted by molar-refractivity contribution is 5.99. The van der Waals surface area contributed by atoms with Gasteiger partial charge in [-0.15, -0.1) is 0 Å². The molecule has 2 saturated heterocycles. The zero-order valence-electron chi connectivity index (χ0n) is 24.7. The lowest BCUT2D eigenvalue weighted by molar-refractivity contribution is -0.151. The number of piperidine rings is 1. The Morgan fingerprint density at radius 1 is 1.10 bits per heavy atom. The number of carbonyl (C=O) groups excluding carboxylic acids is 4. The molecule has 42 heavy (non-hydrogen) atoms. The van der Waals surface area contributed by atoms with Crippen molar-refractivity contribution in [1.29, 1.82) is 5.41 Å². The maximum atomic E-state index is 13.5. The summed E-state index contributed by atoms with van der Waals surface area (Å²) in [5.41, 5.74) is 19.5. The number of likely N-dealkylation sites (tertiary alicyclic amines) is 2. The van der Waals surface area contributed by atoms with E-state index in [2.05, 4.69) is 17.6 Å². The van der Waals surface area contributed by atoms with Crippen LogP contribution in [0.2, 0.25) is 0 Å². The average molecular weight is 581 g/mol. The van der Waals surface area contributed by atoms with Crippen LogP contribution in [0.5, 0.6) is 0 Å². The molecule has 4 rings (SSSR count). The Labute approximate surface area is 246 Å². The molecule has 1 aromatic carbocycles. The third-order valence-electron chi connectivity index (χ3n) is 8.67. The second-order valence-electron chi connectivity index (χ2n) is 11.3. The number of carbonyl (C=O) groups is 4. The van der Waals surface area contributed by atoms with Crippen LogP contribution in [0.4, 0.5) is 0 Å². The van der Waals surface area contributed by atoms with E-state index in [4.69, 9.17) is 22.6 Å². The van der Waals surface area contributed by atoms with E-state index >= 15 is 0 Å². The van der Waals surface area contributed by atoms with Gasteiger partial charge in [0.1, 0.15) is 11.9 Å². The molecule has 2 aliphatic heterocycles. The lowest BCUT2D eigenvalue weighted by Gasteiger charge is -2.39. The lowest BCUT2D eigenvalue weighted by Crippen LogP contribution is -2.57. The number of rotatable bonds is 12. The highest BCUT2D eigenvalue weighted by Gasteiger charge is 2.38. The van der Waals surface area contributed by atoms with Crippen molar-refractivity contribution in [2.24, 2.45) is 17.2 Å². The minimum atomic E-state index is -1.10. The quantitative estimate of drug-likeness (QED) is 0.213. The minimum Gasteiger partial charge on any atom is -0.384 e. The van der Waals surface area contributed by atoms with Crippen LogP contribution >= 0.6 is 0 Å². The molecule has 0 bridgehead atoms. The van der Waals surface area contributed by atoms with Gasteiger partial charge in [0.2, 0.25) is 23.6 Å². The summed E-state index contributed by atoms with van der Waals surface area (Å²) in [7, 11) is 0. The third kappa shape index (κ3) is 6.59. The van der Waals surface area contributed by atoms with Crippen molar-refractivity contribution in [3.8, 4) is 0 Å². The van der Waals surface area contributed by atoms with Crippen molar-refractivity contribution < 1.29 is 19.2 Å². The predicted octanol–water partition coefficient (Wildman–Crippen LogP) is 0.911. The molecule has 0 saturated carbocycles. The summed E-state index contributed by atoms with van der Waals surface area (Å²) in [6, 6.07) is 6.29. The number of fused-ring (bicyclic) bond motifs is 1. The molecule has 12 nitrogen and oxygen atoms in total. The van der Waals surface area contributed by atoms with Gasteiger partial charge in [0.15, 0.2) is 0 Å². The molecule has 2 aliphatic rings. The van der Waals surface area contributed by atoms with E-state index in [-0.39, 0.29) is 36.7 Å². The van der Waals surface area contributed by atoms with E-state index in [0.29, 0.717) is 38.0 Å². The number of benzene rings is 1. The van der Waals surface area contributed by atoms with Crippen molar-refractivity contribution >= 4 is 40.4 Å². The van der Waals surface area contributed by atoms with Crippen LogP contribution in [0.15, 0.2) is 24.3 Å². The first-order valence-corrected chi connectivity index (χ1v) is 14.9. The van der Waals surface area contributed by atoms with Gasteiger partial charge in [0.05, 0.1) is 19.0 Å². The molecule has 4 amide bonds. The highest BCUT2D eigenvalue weighted by atomic mass is 16.2. The number of likely N-dealkylation sites (N-methyl/N-ethyl adjacent to an activating group) is 1. The van der Waals surface area contributed by atoms with E-state index in [1.807, 2.05) is 23.1 Å². The third-order valence-corrected chi connectivity index (χ3v) is 8.67. The molecular weight excluding hydrogens is 536 g/mol. The molecule has 7 N–H and O–H groups in total. The van der Waals surface area contributed by atoms with Crippen LogP contribution in [0.25, 0.3) is 10.9 Å². The van der Waals surface area contributed by atoms with Gasteiger partial charge in [-0.1, -0.05) is 12.1 Å². The molecule has 0 spiro atoms. The Morgan fingerprint density at radius 2 is 1.83 bits per heavy atom. The summed E-state index contributed by atoms with van der Waals surface area (Å²) in [5.74, 6) is -1.43. The number of hydrogen-bond acceptors (Lipinski definition) is 6. The van der Waals surface area contributed by atoms with Gasteiger partial charge in [-0.2, -0.15) is 0 Å². The molecule has 2 fully saturated rings. The molecule has 1 aromatic heterocycles. The van der Waals surface area contributed by atoms with Gasteiger partial charge in [0, 0.05) is 49.0 Å². The number of nitrogens with zero attached hydrogens (tertiary/aromatic N) is 4. The molecular formula is C30H44N8O4. The van der Waals surface area contributed by atoms with Crippen molar-refractivity contribution in [2.45, 2.75) is 83.5 Å². The van der Waals surface area contributed by atoms with Crippen LogP contribution in [0.3, 0.4) is 0 Å². The second kappa shape index (κ2) is 13.4. The van der Waals surface area contributed by atoms with Crippen LogP contribution in [0.1, 0.15) is 63.6 Å². The predicted molar refractivity (Wildman–Crippen MR) is 160 cm³/mol. The van der Waals surface area contributed by atoms with E-state index in [9.17, 15) is 19.2 Å². The van der Waals surface area contributed by atoms with Crippen LogP contribution in [0, 0.1) is 5.41 Å².